The number of aliphatic hydroxyl groups excluding tert-OH is 1. The van der Waals surface area contributed by atoms with Gasteiger partial charge in [-0.1, -0.05) is 11.6 Å². The molecule has 0 spiro atoms. The Hall–Kier alpha value is -2.52. The molecule has 9 heteroatoms. The van der Waals surface area contributed by atoms with E-state index in [1.54, 1.807) is 42.4 Å². The maximum atomic E-state index is 12.5. The zero-order chi connectivity index (χ0) is 22.5. The number of hydrogen-bond donors (Lipinski definition) is 2. The number of alkyl halides is 1. The van der Waals surface area contributed by atoms with E-state index < -0.39 is 5.56 Å². The highest BCUT2D eigenvalue weighted by atomic mass is 35.5. The van der Waals surface area contributed by atoms with Crippen molar-refractivity contribution in [2.24, 2.45) is 0 Å². The molecule has 0 aliphatic carbocycles. The van der Waals surface area contributed by atoms with Gasteiger partial charge in [0.15, 0.2) is 5.56 Å². The minimum Gasteiger partial charge on any atom is -0.495 e. The van der Waals surface area contributed by atoms with Crippen molar-refractivity contribution in [3.63, 3.8) is 0 Å². The Bertz CT molecular complexity index is 1110. The summed E-state index contributed by atoms with van der Waals surface area (Å²) in [5, 5.41) is 13.1. The van der Waals surface area contributed by atoms with Crippen LogP contribution in [0, 0.1) is 0 Å². The largest absolute Gasteiger partial charge is 0.495 e. The van der Waals surface area contributed by atoms with E-state index in [0.29, 0.717) is 30.4 Å². The fraction of sp³-hybridized carbons (Fsp3) is 0.435. The van der Waals surface area contributed by atoms with Crippen molar-refractivity contribution in [1.82, 2.24) is 24.8 Å². The third kappa shape index (κ3) is 5.45. The van der Waals surface area contributed by atoms with Crippen molar-refractivity contribution in [1.29, 1.82) is 0 Å². The second-order valence-electron chi connectivity index (χ2n) is 8.06. The Morgan fingerprint density at radius 1 is 1.22 bits per heavy atom. The molecule has 1 aliphatic heterocycles. The van der Waals surface area contributed by atoms with Gasteiger partial charge in [-0.15, -0.1) is 0 Å². The Labute approximate surface area is 191 Å². The van der Waals surface area contributed by atoms with Gasteiger partial charge in [-0.3, -0.25) is 14.8 Å². The minimum absolute atomic E-state index is 0.0259. The van der Waals surface area contributed by atoms with Gasteiger partial charge in [-0.2, -0.15) is 0 Å². The fourth-order valence-electron chi connectivity index (χ4n) is 4.09. The SMILES string of the molecule is COc1cnc2ccc(=O)n(CCN3CCC(NCc4cncc(C(O)Cl)c4)CC3)c2c1. The highest BCUT2D eigenvalue weighted by Gasteiger charge is 2.19. The van der Waals surface area contributed by atoms with Gasteiger partial charge in [0, 0.05) is 55.8 Å². The lowest BCUT2D eigenvalue weighted by Gasteiger charge is -2.32. The zero-order valence-corrected chi connectivity index (χ0v) is 18.8. The van der Waals surface area contributed by atoms with Crippen molar-refractivity contribution < 1.29 is 9.84 Å². The lowest BCUT2D eigenvalue weighted by molar-refractivity contribution is 0.191. The molecule has 1 aliphatic rings. The number of piperidine rings is 1. The van der Waals surface area contributed by atoms with E-state index >= 15 is 0 Å². The van der Waals surface area contributed by atoms with Crippen LogP contribution in [0.5, 0.6) is 5.75 Å². The number of likely N-dealkylation sites (tertiary alicyclic amines) is 1. The average molecular weight is 458 g/mol. The van der Waals surface area contributed by atoms with E-state index in [-0.39, 0.29) is 5.56 Å². The first kappa shape index (κ1) is 22.7. The molecule has 8 nitrogen and oxygen atoms in total. The van der Waals surface area contributed by atoms with Crippen molar-refractivity contribution in [3.05, 3.63) is 64.3 Å². The molecule has 0 amide bonds. The summed E-state index contributed by atoms with van der Waals surface area (Å²) in [4.78, 5) is 23.4. The second-order valence-corrected chi connectivity index (χ2v) is 8.48. The average Bonchev–Trinajstić information content (AvgIpc) is 2.82. The summed E-state index contributed by atoms with van der Waals surface area (Å²) in [6.07, 6.45) is 7.10. The van der Waals surface area contributed by atoms with Gasteiger partial charge < -0.3 is 24.6 Å². The lowest BCUT2D eigenvalue weighted by Crippen LogP contribution is -2.43. The highest BCUT2D eigenvalue weighted by molar-refractivity contribution is 6.19. The van der Waals surface area contributed by atoms with E-state index in [9.17, 15) is 9.90 Å². The monoisotopic (exact) mass is 457 g/mol. The Morgan fingerprint density at radius 3 is 2.78 bits per heavy atom. The number of nitrogens with one attached hydrogen (secondary N) is 1. The molecule has 4 rings (SSSR count). The van der Waals surface area contributed by atoms with Gasteiger partial charge in [0.25, 0.3) is 5.56 Å². The molecule has 32 heavy (non-hydrogen) atoms. The highest BCUT2D eigenvalue weighted by Crippen LogP contribution is 2.18. The van der Waals surface area contributed by atoms with Gasteiger partial charge in [0.2, 0.25) is 0 Å². The standard InChI is InChI=1S/C23H28ClN5O3/c1-32-19-11-21-20(27-15-19)2-3-22(30)29(21)9-8-28-6-4-18(5-7-28)26-13-16-10-17(23(24)31)14-25-12-16/h2-3,10-12,14-15,18,23,26,31H,4-9,13H2,1H3. The predicted molar refractivity (Wildman–Crippen MR) is 124 cm³/mol. The number of hydrogen-bond acceptors (Lipinski definition) is 7. The fourth-order valence-corrected chi connectivity index (χ4v) is 4.21. The topological polar surface area (TPSA) is 92.5 Å². The van der Waals surface area contributed by atoms with Crippen LogP contribution < -0.4 is 15.6 Å². The summed E-state index contributed by atoms with van der Waals surface area (Å²) in [6, 6.07) is 7.49. The van der Waals surface area contributed by atoms with Gasteiger partial charge in [0.1, 0.15) is 5.75 Å². The van der Waals surface area contributed by atoms with Crippen molar-refractivity contribution >= 4 is 22.6 Å². The summed E-state index contributed by atoms with van der Waals surface area (Å²) in [7, 11) is 1.60. The molecule has 1 saturated heterocycles. The molecule has 3 aromatic heterocycles. The molecule has 0 radical (unpaired) electrons. The quantitative estimate of drug-likeness (QED) is 0.501. The number of aliphatic hydroxyl groups is 1. The summed E-state index contributed by atoms with van der Waals surface area (Å²) < 4.78 is 7.06. The number of ether oxygens (including phenoxy) is 1. The van der Waals surface area contributed by atoms with Crippen LogP contribution in [0.3, 0.4) is 0 Å². The van der Waals surface area contributed by atoms with E-state index in [1.165, 1.54) is 0 Å². The van der Waals surface area contributed by atoms with Crippen LogP contribution in [0.15, 0.2) is 47.7 Å². The number of aromatic nitrogens is 3. The van der Waals surface area contributed by atoms with Crippen molar-refractivity contribution in [2.45, 2.75) is 37.5 Å². The van der Waals surface area contributed by atoms with Crippen LogP contribution in [0.1, 0.15) is 29.5 Å². The molecule has 1 atom stereocenters. The molecular weight excluding hydrogens is 430 g/mol. The summed E-state index contributed by atoms with van der Waals surface area (Å²) in [5.74, 6) is 0.644. The molecule has 4 heterocycles. The van der Waals surface area contributed by atoms with Crippen LogP contribution in [0.2, 0.25) is 0 Å². The normalized spacial score (nSPS) is 16.3. The molecule has 3 aromatic rings. The van der Waals surface area contributed by atoms with Crippen molar-refractivity contribution in [3.8, 4) is 5.75 Å². The summed E-state index contributed by atoms with van der Waals surface area (Å²) in [5.41, 5.74) is 2.14. The number of methoxy groups -OCH3 is 1. The number of fused-ring (bicyclic) bond motifs is 1. The molecule has 2 N–H and O–H groups in total. The van der Waals surface area contributed by atoms with Crippen LogP contribution in [0.25, 0.3) is 11.0 Å². The number of halogens is 1. The number of nitrogens with zero attached hydrogens (tertiary/aromatic N) is 4. The maximum absolute atomic E-state index is 12.5. The van der Waals surface area contributed by atoms with Crippen LogP contribution >= 0.6 is 11.6 Å². The second kappa shape index (κ2) is 10.4. The van der Waals surface area contributed by atoms with Crippen LogP contribution in [0.4, 0.5) is 0 Å². The van der Waals surface area contributed by atoms with E-state index in [0.717, 1.165) is 49.1 Å². The lowest BCUT2D eigenvalue weighted by atomic mass is 10.0. The minimum atomic E-state index is -1.03. The molecule has 0 aromatic carbocycles. The van der Waals surface area contributed by atoms with Gasteiger partial charge >= 0.3 is 0 Å². The van der Waals surface area contributed by atoms with Gasteiger partial charge in [-0.05, 0) is 43.6 Å². The summed E-state index contributed by atoms with van der Waals surface area (Å²) in [6.45, 7) is 4.05. The number of rotatable bonds is 8. The Kier molecular flexibility index (Phi) is 7.36. The molecule has 0 bridgehead atoms. The summed E-state index contributed by atoms with van der Waals surface area (Å²) >= 11 is 5.73. The third-order valence-corrected chi connectivity index (χ3v) is 6.21. The molecule has 170 valence electrons. The zero-order valence-electron chi connectivity index (χ0n) is 18.1. The molecule has 1 unspecified atom stereocenters. The predicted octanol–water partition coefficient (Wildman–Crippen LogP) is 2.28. The van der Waals surface area contributed by atoms with Crippen LogP contribution in [-0.4, -0.2) is 57.3 Å². The van der Waals surface area contributed by atoms with E-state index in [1.807, 2.05) is 12.1 Å². The first-order valence-corrected chi connectivity index (χ1v) is 11.2. The smallest absolute Gasteiger partial charge is 0.251 e. The van der Waals surface area contributed by atoms with Crippen LogP contribution in [-0.2, 0) is 13.1 Å². The Balaban J connectivity index is 1.30. The third-order valence-electron chi connectivity index (χ3n) is 5.96. The first-order chi connectivity index (χ1) is 15.5. The molecule has 1 fully saturated rings. The van der Waals surface area contributed by atoms with E-state index in [4.69, 9.17) is 16.3 Å². The first-order valence-electron chi connectivity index (χ1n) is 10.8. The van der Waals surface area contributed by atoms with Gasteiger partial charge in [0.05, 0.1) is 24.3 Å². The van der Waals surface area contributed by atoms with Gasteiger partial charge in [-0.25, -0.2) is 0 Å². The maximum Gasteiger partial charge on any atom is 0.251 e. The molecule has 0 saturated carbocycles. The van der Waals surface area contributed by atoms with Crippen molar-refractivity contribution in [2.75, 3.05) is 26.7 Å². The number of pyridine rings is 3. The van der Waals surface area contributed by atoms with E-state index in [2.05, 4.69) is 20.2 Å². The Morgan fingerprint density at radius 2 is 2.03 bits per heavy atom. The molecular formula is C23H28ClN5O3.